The maximum absolute atomic E-state index is 9.21. The molecule has 0 saturated heterocycles. The summed E-state index contributed by atoms with van der Waals surface area (Å²) in [6, 6.07) is 8.14. The average Bonchev–Trinajstić information content (AvgIpc) is 3.21. The van der Waals surface area contributed by atoms with Gasteiger partial charge in [-0.3, -0.25) is 5.32 Å². The Morgan fingerprint density at radius 3 is 2.78 bits per heavy atom. The third-order valence-corrected chi connectivity index (χ3v) is 2.93. The zero-order valence-corrected chi connectivity index (χ0v) is 10.8. The first-order chi connectivity index (χ1) is 8.78. The predicted molar refractivity (Wildman–Crippen MR) is 68.7 cm³/mol. The average molecular weight is 246 g/mol. The van der Waals surface area contributed by atoms with E-state index in [1.165, 1.54) is 0 Å². The first kappa shape index (κ1) is 12.7. The number of hydrogen-bond acceptors (Lipinski definition) is 4. The van der Waals surface area contributed by atoms with Crippen molar-refractivity contribution >= 4 is 0 Å². The number of benzene rings is 1. The molecule has 18 heavy (non-hydrogen) atoms. The van der Waals surface area contributed by atoms with Crippen LogP contribution in [0.25, 0.3) is 0 Å². The van der Waals surface area contributed by atoms with Crippen molar-refractivity contribution in [3.05, 3.63) is 23.8 Å². The minimum Gasteiger partial charge on any atom is -0.493 e. The number of nitriles is 1. The van der Waals surface area contributed by atoms with Gasteiger partial charge in [-0.1, -0.05) is 6.07 Å². The highest BCUT2D eigenvalue weighted by Crippen LogP contribution is 2.31. The molecule has 0 radical (unpaired) electrons. The Labute approximate surface area is 108 Å². The van der Waals surface area contributed by atoms with Crippen molar-refractivity contribution in [2.45, 2.75) is 31.8 Å². The van der Waals surface area contributed by atoms with Gasteiger partial charge in [0, 0.05) is 6.04 Å². The van der Waals surface area contributed by atoms with E-state index in [4.69, 9.17) is 9.47 Å². The van der Waals surface area contributed by atoms with Crippen LogP contribution < -0.4 is 14.8 Å². The molecule has 0 aromatic heterocycles. The molecule has 1 unspecified atom stereocenters. The van der Waals surface area contributed by atoms with E-state index in [2.05, 4.69) is 11.4 Å². The second-order valence-electron chi connectivity index (χ2n) is 4.35. The van der Waals surface area contributed by atoms with E-state index < -0.39 is 0 Å². The summed E-state index contributed by atoms with van der Waals surface area (Å²) in [5.41, 5.74) is 0.921. The lowest BCUT2D eigenvalue weighted by molar-refractivity contribution is 0.310. The van der Waals surface area contributed by atoms with Crippen LogP contribution in [0.3, 0.4) is 0 Å². The van der Waals surface area contributed by atoms with E-state index in [0.29, 0.717) is 24.1 Å². The van der Waals surface area contributed by atoms with Crippen molar-refractivity contribution in [1.82, 2.24) is 5.32 Å². The monoisotopic (exact) mass is 246 g/mol. The molecule has 1 aliphatic carbocycles. The molecule has 0 spiro atoms. The van der Waals surface area contributed by atoms with Crippen molar-refractivity contribution in [3.63, 3.8) is 0 Å². The minimum absolute atomic E-state index is 0.276. The Hall–Kier alpha value is -1.73. The van der Waals surface area contributed by atoms with E-state index in [-0.39, 0.29) is 6.04 Å². The maximum atomic E-state index is 9.21. The Balaban J connectivity index is 2.19. The van der Waals surface area contributed by atoms with Gasteiger partial charge >= 0.3 is 0 Å². The first-order valence-electron chi connectivity index (χ1n) is 6.25. The number of rotatable bonds is 6. The zero-order chi connectivity index (χ0) is 13.0. The van der Waals surface area contributed by atoms with Gasteiger partial charge in [0.1, 0.15) is 6.04 Å². The summed E-state index contributed by atoms with van der Waals surface area (Å²) in [4.78, 5) is 0. The number of nitrogens with one attached hydrogen (secondary N) is 1. The third-order valence-electron chi connectivity index (χ3n) is 2.93. The van der Waals surface area contributed by atoms with Gasteiger partial charge < -0.3 is 9.47 Å². The predicted octanol–water partition coefficient (Wildman–Crippen LogP) is 2.41. The second-order valence-corrected chi connectivity index (χ2v) is 4.35. The van der Waals surface area contributed by atoms with Crippen LogP contribution in [-0.4, -0.2) is 19.8 Å². The maximum Gasteiger partial charge on any atom is 0.161 e. The van der Waals surface area contributed by atoms with Gasteiger partial charge in [-0.15, -0.1) is 0 Å². The van der Waals surface area contributed by atoms with E-state index in [1.54, 1.807) is 7.11 Å². The van der Waals surface area contributed by atoms with Crippen LogP contribution in [0.4, 0.5) is 0 Å². The minimum atomic E-state index is -0.276. The van der Waals surface area contributed by atoms with Crippen molar-refractivity contribution in [2.75, 3.05) is 13.7 Å². The molecule has 96 valence electrons. The quantitative estimate of drug-likeness (QED) is 0.837. The Morgan fingerprint density at radius 2 is 2.22 bits per heavy atom. The SMILES string of the molecule is CCOc1ccc(C(C#N)NC2CC2)cc1OC. The first-order valence-corrected chi connectivity index (χ1v) is 6.25. The van der Waals surface area contributed by atoms with E-state index in [9.17, 15) is 5.26 Å². The van der Waals surface area contributed by atoms with Crippen LogP contribution >= 0.6 is 0 Å². The number of ether oxygens (including phenoxy) is 2. The van der Waals surface area contributed by atoms with Crippen molar-refractivity contribution in [3.8, 4) is 17.6 Å². The molecule has 1 fully saturated rings. The fourth-order valence-corrected chi connectivity index (χ4v) is 1.83. The van der Waals surface area contributed by atoms with Crippen LogP contribution in [0.1, 0.15) is 31.4 Å². The molecule has 1 aromatic carbocycles. The number of nitrogens with zero attached hydrogens (tertiary/aromatic N) is 1. The molecular formula is C14H18N2O2. The largest absolute Gasteiger partial charge is 0.493 e. The lowest BCUT2D eigenvalue weighted by Gasteiger charge is -2.14. The summed E-state index contributed by atoms with van der Waals surface area (Å²) in [5.74, 6) is 1.39. The third kappa shape index (κ3) is 2.93. The zero-order valence-electron chi connectivity index (χ0n) is 10.8. The summed E-state index contributed by atoms with van der Waals surface area (Å²) in [7, 11) is 1.61. The molecule has 2 rings (SSSR count). The van der Waals surface area contributed by atoms with Crippen LogP contribution in [0.5, 0.6) is 11.5 Å². The molecular weight excluding hydrogens is 228 g/mol. The topological polar surface area (TPSA) is 54.3 Å². The van der Waals surface area contributed by atoms with Gasteiger partial charge in [0.15, 0.2) is 11.5 Å². The van der Waals surface area contributed by atoms with E-state index in [0.717, 1.165) is 18.4 Å². The van der Waals surface area contributed by atoms with E-state index >= 15 is 0 Å². The highest BCUT2D eigenvalue weighted by Gasteiger charge is 2.25. The van der Waals surface area contributed by atoms with Gasteiger partial charge in [-0.05, 0) is 37.5 Å². The van der Waals surface area contributed by atoms with Crippen molar-refractivity contribution in [1.29, 1.82) is 5.26 Å². The van der Waals surface area contributed by atoms with Gasteiger partial charge in [0.25, 0.3) is 0 Å². The second kappa shape index (κ2) is 5.74. The molecule has 0 bridgehead atoms. The fraction of sp³-hybridized carbons (Fsp3) is 0.500. The summed E-state index contributed by atoms with van der Waals surface area (Å²) in [6.07, 6.45) is 2.32. The summed E-state index contributed by atoms with van der Waals surface area (Å²) in [5, 5.41) is 12.5. The van der Waals surface area contributed by atoms with E-state index in [1.807, 2.05) is 25.1 Å². The molecule has 1 aromatic rings. The van der Waals surface area contributed by atoms with Gasteiger partial charge in [0.2, 0.25) is 0 Å². The van der Waals surface area contributed by atoms with Crippen molar-refractivity contribution < 1.29 is 9.47 Å². The smallest absolute Gasteiger partial charge is 0.161 e. The van der Waals surface area contributed by atoms with Gasteiger partial charge in [-0.2, -0.15) is 5.26 Å². The lowest BCUT2D eigenvalue weighted by Crippen LogP contribution is -2.22. The van der Waals surface area contributed by atoms with Crippen molar-refractivity contribution in [2.24, 2.45) is 0 Å². The molecule has 0 amide bonds. The number of hydrogen-bond donors (Lipinski definition) is 1. The van der Waals surface area contributed by atoms with Gasteiger partial charge in [0.05, 0.1) is 19.8 Å². The summed E-state index contributed by atoms with van der Waals surface area (Å²) >= 11 is 0. The Kier molecular flexibility index (Phi) is 4.06. The molecule has 1 atom stereocenters. The lowest BCUT2D eigenvalue weighted by atomic mass is 10.1. The summed E-state index contributed by atoms with van der Waals surface area (Å²) in [6.45, 7) is 2.53. The molecule has 1 saturated carbocycles. The Morgan fingerprint density at radius 1 is 1.44 bits per heavy atom. The standard InChI is InChI=1S/C14H18N2O2/c1-3-18-13-7-4-10(8-14(13)17-2)12(9-15)16-11-5-6-11/h4,7-8,11-12,16H,3,5-6H2,1-2H3. The van der Waals surface area contributed by atoms with Crippen LogP contribution in [0.2, 0.25) is 0 Å². The Bertz CT molecular complexity index is 450. The molecule has 4 nitrogen and oxygen atoms in total. The molecule has 4 heteroatoms. The fourth-order valence-electron chi connectivity index (χ4n) is 1.83. The summed E-state index contributed by atoms with van der Waals surface area (Å²) < 4.78 is 10.8. The van der Waals surface area contributed by atoms with Crippen LogP contribution in [-0.2, 0) is 0 Å². The number of methoxy groups -OCH3 is 1. The molecule has 1 aliphatic rings. The normalized spacial score (nSPS) is 15.8. The van der Waals surface area contributed by atoms with Gasteiger partial charge in [-0.25, -0.2) is 0 Å². The van der Waals surface area contributed by atoms with Crippen LogP contribution in [0.15, 0.2) is 18.2 Å². The highest BCUT2D eigenvalue weighted by molar-refractivity contribution is 5.44. The highest BCUT2D eigenvalue weighted by atomic mass is 16.5. The van der Waals surface area contributed by atoms with Crippen LogP contribution in [0, 0.1) is 11.3 Å². The molecule has 0 aliphatic heterocycles. The molecule has 1 N–H and O–H groups in total. The molecule has 0 heterocycles.